The third kappa shape index (κ3) is 3.03. The summed E-state index contributed by atoms with van der Waals surface area (Å²) in [4.78, 5) is 32.1. The molecule has 0 N–H and O–H groups in total. The zero-order valence-corrected chi connectivity index (χ0v) is 14.1. The maximum absolute atomic E-state index is 12.1. The normalized spacial score (nSPS) is 21.3. The van der Waals surface area contributed by atoms with Gasteiger partial charge in [-0.15, -0.1) is 0 Å². The van der Waals surface area contributed by atoms with Crippen LogP contribution >= 0.6 is 0 Å². The molecule has 0 radical (unpaired) electrons. The van der Waals surface area contributed by atoms with Crippen molar-refractivity contribution in [2.24, 2.45) is 11.8 Å². The largest absolute Gasteiger partial charge is 0.345 e. The molecule has 1 aromatic rings. The van der Waals surface area contributed by atoms with Crippen molar-refractivity contribution < 1.29 is 14.1 Å². The maximum Gasteiger partial charge on any atom is 0.233 e. The monoisotopic (exact) mass is 332 g/mol. The summed E-state index contributed by atoms with van der Waals surface area (Å²) in [6.07, 6.45) is 5.91. The van der Waals surface area contributed by atoms with Gasteiger partial charge in [0.05, 0.1) is 5.92 Å². The molecule has 0 bridgehead atoms. The number of aromatic nitrogens is 2. The predicted octanol–water partition coefficient (Wildman–Crippen LogP) is 1.21. The van der Waals surface area contributed by atoms with Gasteiger partial charge >= 0.3 is 0 Å². The average Bonchev–Trinajstić information content (AvgIpc) is 3.21. The van der Waals surface area contributed by atoms with Crippen LogP contribution in [0.1, 0.15) is 49.7 Å². The van der Waals surface area contributed by atoms with E-state index in [2.05, 4.69) is 10.1 Å². The fourth-order valence-corrected chi connectivity index (χ4v) is 3.28. The highest BCUT2D eigenvalue weighted by molar-refractivity contribution is 5.81. The first kappa shape index (κ1) is 15.6. The molecule has 0 unspecified atom stereocenters. The molecule has 0 aromatic carbocycles. The molecular formula is C17H24N4O3. The Morgan fingerprint density at radius 3 is 2.58 bits per heavy atom. The molecule has 7 heteroatoms. The van der Waals surface area contributed by atoms with E-state index in [0.29, 0.717) is 37.8 Å². The van der Waals surface area contributed by atoms with Crippen LogP contribution in [0.15, 0.2) is 4.52 Å². The van der Waals surface area contributed by atoms with Crippen molar-refractivity contribution >= 4 is 11.8 Å². The number of amides is 2. The number of carbonyl (C=O) groups is 2. The molecular weight excluding hydrogens is 308 g/mol. The highest BCUT2D eigenvalue weighted by Gasteiger charge is 2.39. The van der Waals surface area contributed by atoms with Crippen LogP contribution in [0, 0.1) is 11.8 Å². The number of likely N-dealkylation sites (tertiary alicyclic amines) is 1. The Kier molecular flexibility index (Phi) is 4.02. The van der Waals surface area contributed by atoms with Crippen molar-refractivity contribution in [2.75, 3.05) is 26.7 Å². The molecule has 1 aliphatic heterocycles. The predicted molar refractivity (Wildman–Crippen MR) is 85.0 cm³/mol. The Morgan fingerprint density at radius 1 is 1.21 bits per heavy atom. The summed E-state index contributed by atoms with van der Waals surface area (Å²) in [6.45, 7) is 2.00. The lowest BCUT2D eigenvalue weighted by Gasteiger charge is -2.41. The lowest BCUT2D eigenvalue weighted by molar-refractivity contribution is -0.143. The minimum atomic E-state index is 0.168. The van der Waals surface area contributed by atoms with E-state index in [-0.39, 0.29) is 29.6 Å². The summed E-state index contributed by atoms with van der Waals surface area (Å²) < 4.78 is 5.35. The van der Waals surface area contributed by atoms with Gasteiger partial charge in [-0.3, -0.25) is 9.59 Å². The maximum atomic E-state index is 12.1. The summed E-state index contributed by atoms with van der Waals surface area (Å²) in [5.41, 5.74) is 0. The SMILES string of the molecule is CN(CCc1noc(C2CN(C(=O)C3CCC3)C2)n1)C(=O)C1CC1. The van der Waals surface area contributed by atoms with Crippen LogP contribution in [0.5, 0.6) is 0 Å². The van der Waals surface area contributed by atoms with Crippen LogP contribution < -0.4 is 0 Å². The van der Waals surface area contributed by atoms with E-state index >= 15 is 0 Å². The van der Waals surface area contributed by atoms with E-state index in [1.165, 1.54) is 6.42 Å². The van der Waals surface area contributed by atoms with Gasteiger partial charge in [-0.25, -0.2) is 0 Å². The first-order chi connectivity index (χ1) is 11.6. The smallest absolute Gasteiger partial charge is 0.233 e. The molecule has 1 aromatic heterocycles. The van der Waals surface area contributed by atoms with Crippen LogP contribution in [-0.2, 0) is 16.0 Å². The number of hydrogen-bond donors (Lipinski definition) is 0. The highest BCUT2D eigenvalue weighted by atomic mass is 16.5. The van der Waals surface area contributed by atoms with Crippen LogP contribution in [0.25, 0.3) is 0 Å². The number of likely N-dealkylation sites (N-methyl/N-ethyl adjacent to an activating group) is 1. The summed E-state index contributed by atoms with van der Waals surface area (Å²) in [5, 5.41) is 4.02. The number of nitrogens with zero attached hydrogens (tertiary/aromatic N) is 4. The van der Waals surface area contributed by atoms with E-state index < -0.39 is 0 Å². The molecule has 2 heterocycles. The quantitative estimate of drug-likeness (QED) is 0.782. The van der Waals surface area contributed by atoms with Crippen molar-refractivity contribution in [1.29, 1.82) is 0 Å². The average molecular weight is 332 g/mol. The van der Waals surface area contributed by atoms with Gasteiger partial charge in [0.2, 0.25) is 17.7 Å². The molecule has 4 rings (SSSR count). The molecule has 7 nitrogen and oxygen atoms in total. The van der Waals surface area contributed by atoms with Crippen LogP contribution in [-0.4, -0.2) is 58.4 Å². The summed E-state index contributed by atoms with van der Waals surface area (Å²) >= 11 is 0. The van der Waals surface area contributed by atoms with Crippen molar-refractivity contribution in [2.45, 2.75) is 44.4 Å². The number of carbonyl (C=O) groups excluding carboxylic acids is 2. The molecule has 130 valence electrons. The summed E-state index contributed by atoms with van der Waals surface area (Å²) in [7, 11) is 1.83. The minimum Gasteiger partial charge on any atom is -0.345 e. The zero-order chi connectivity index (χ0) is 16.7. The molecule has 1 saturated heterocycles. The van der Waals surface area contributed by atoms with Gasteiger partial charge in [0.25, 0.3) is 0 Å². The van der Waals surface area contributed by atoms with Crippen molar-refractivity contribution in [1.82, 2.24) is 19.9 Å². The Balaban J connectivity index is 1.23. The Morgan fingerprint density at radius 2 is 1.96 bits per heavy atom. The third-order valence-electron chi connectivity index (χ3n) is 5.45. The van der Waals surface area contributed by atoms with E-state index in [4.69, 9.17) is 4.52 Å². The zero-order valence-electron chi connectivity index (χ0n) is 14.1. The van der Waals surface area contributed by atoms with Crippen LogP contribution in [0.3, 0.4) is 0 Å². The fourth-order valence-electron chi connectivity index (χ4n) is 3.28. The molecule has 2 saturated carbocycles. The first-order valence-electron chi connectivity index (χ1n) is 8.98. The van der Waals surface area contributed by atoms with Gasteiger partial charge in [-0.05, 0) is 25.7 Å². The second-order valence-electron chi connectivity index (χ2n) is 7.40. The minimum absolute atomic E-state index is 0.168. The summed E-state index contributed by atoms with van der Waals surface area (Å²) in [6, 6.07) is 0. The highest BCUT2D eigenvalue weighted by Crippen LogP contribution is 2.33. The molecule has 0 atom stereocenters. The number of rotatable bonds is 6. The molecule has 3 fully saturated rings. The van der Waals surface area contributed by atoms with Gasteiger partial charge in [-0.1, -0.05) is 11.6 Å². The standard InChI is InChI=1S/C17H24N4O3/c1-20(16(22)12-5-6-12)8-7-14-18-15(24-19-14)13-9-21(10-13)17(23)11-3-2-4-11/h11-13H,2-10H2,1H3. The Hall–Kier alpha value is -1.92. The Bertz CT molecular complexity index is 630. The topological polar surface area (TPSA) is 79.5 Å². The second-order valence-corrected chi connectivity index (χ2v) is 7.40. The van der Waals surface area contributed by atoms with E-state index in [1.54, 1.807) is 4.90 Å². The van der Waals surface area contributed by atoms with Crippen LogP contribution in [0.4, 0.5) is 0 Å². The summed E-state index contributed by atoms with van der Waals surface area (Å²) in [5.74, 6) is 2.44. The molecule has 24 heavy (non-hydrogen) atoms. The van der Waals surface area contributed by atoms with E-state index in [0.717, 1.165) is 25.7 Å². The van der Waals surface area contributed by atoms with Crippen LogP contribution in [0.2, 0.25) is 0 Å². The molecule has 2 amide bonds. The van der Waals surface area contributed by atoms with Gasteiger partial charge in [0.15, 0.2) is 5.82 Å². The van der Waals surface area contributed by atoms with Gasteiger partial charge in [-0.2, -0.15) is 4.98 Å². The van der Waals surface area contributed by atoms with Crippen molar-refractivity contribution in [3.05, 3.63) is 11.7 Å². The lowest BCUT2D eigenvalue weighted by Crippen LogP contribution is -2.51. The number of hydrogen-bond acceptors (Lipinski definition) is 5. The van der Waals surface area contributed by atoms with Crippen molar-refractivity contribution in [3.8, 4) is 0 Å². The van der Waals surface area contributed by atoms with E-state index in [1.807, 2.05) is 11.9 Å². The first-order valence-corrected chi connectivity index (χ1v) is 8.98. The van der Waals surface area contributed by atoms with Gasteiger partial charge < -0.3 is 14.3 Å². The van der Waals surface area contributed by atoms with E-state index in [9.17, 15) is 9.59 Å². The second kappa shape index (κ2) is 6.18. The molecule has 0 spiro atoms. The lowest BCUT2D eigenvalue weighted by atomic mass is 9.83. The third-order valence-corrected chi connectivity index (χ3v) is 5.45. The van der Waals surface area contributed by atoms with Crippen molar-refractivity contribution in [3.63, 3.8) is 0 Å². The Labute approximate surface area is 141 Å². The van der Waals surface area contributed by atoms with Gasteiger partial charge in [0, 0.05) is 44.9 Å². The fraction of sp³-hybridized carbons (Fsp3) is 0.765. The molecule has 2 aliphatic carbocycles. The molecule has 3 aliphatic rings. The van der Waals surface area contributed by atoms with Gasteiger partial charge in [0.1, 0.15) is 0 Å².